The zero-order valence-corrected chi connectivity index (χ0v) is 10.1. The summed E-state index contributed by atoms with van der Waals surface area (Å²) in [5, 5.41) is 9.91. The summed E-state index contributed by atoms with van der Waals surface area (Å²) in [6, 6.07) is 0. The molecule has 4 nitrogen and oxygen atoms in total. The lowest BCUT2D eigenvalue weighted by Crippen LogP contribution is -2.53. The van der Waals surface area contributed by atoms with Crippen LogP contribution in [0.15, 0.2) is 0 Å². The van der Waals surface area contributed by atoms with Crippen molar-refractivity contribution >= 4 is 0 Å². The fourth-order valence-corrected chi connectivity index (χ4v) is 2.16. The molecule has 2 atom stereocenters. The second kappa shape index (κ2) is 4.78. The average molecular weight is 216 g/mol. The summed E-state index contributed by atoms with van der Waals surface area (Å²) in [4.78, 5) is 2.24. The van der Waals surface area contributed by atoms with E-state index in [4.69, 9.17) is 10.5 Å². The van der Waals surface area contributed by atoms with Crippen molar-refractivity contribution in [2.75, 3.05) is 33.3 Å². The maximum Gasteiger partial charge on any atom is 0.0867 e. The van der Waals surface area contributed by atoms with Gasteiger partial charge in [0.25, 0.3) is 0 Å². The minimum Gasteiger partial charge on any atom is -0.388 e. The summed E-state index contributed by atoms with van der Waals surface area (Å²) in [6.07, 6.45) is 2.20. The first-order valence-electron chi connectivity index (χ1n) is 5.61. The van der Waals surface area contributed by atoms with Gasteiger partial charge >= 0.3 is 0 Å². The molecular formula is C11H24N2O2. The van der Waals surface area contributed by atoms with Crippen molar-refractivity contribution in [3.8, 4) is 0 Å². The Labute approximate surface area is 92.4 Å². The van der Waals surface area contributed by atoms with Gasteiger partial charge < -0.3 is 15.6 Å². The second-order valence-electron chi connectivity index (χ2n) is 5.17. The van der Waals surface area contributed by atoms with Crippen LogP contribution in [0.5, 0.6) is 0 Å². The lowest BCUT2D eigenvalue weighted by atomic mass is 9.93. The molecule has 0 spiro atoms. The van der Waals surface area contributed by atoms with Crippen molar-refractivity contribution in [3.63, 3.8) is 0 Å². The number of piperidine rings is 1. The third-order valence-electron chi connectivity index (χ3n) is 3.23. The third-order valence-corrected chi connectivity index (χ3v) is 3.23. The van der Waals surface area contributed by atoms with Gasteiger partial charge in [0, 0.05) is 26.7 Å². The Morgan fingerprint density at radius 1 is 1.60 bits per heavy atom. The summed E-state index contributed by atoms with van der Waals surface area (Å²) in [5.74, 6) is 0. The van der Waals surface area contributed by atoms with E-state index >= 15 is 0 Å². The molecule has 1 aliphatic heterocycles. The molecule has 4 heteroatoms. The molecule has 1 heterocycles. The number of aliphatic hydroxyl groups is 1. The van der Waals surface area contributed by atoms with E-state index in [2.05, 4.69) is 11.8 Å². The van der Waals surface area contributed by atoms with Crippen LogP contribution in [0.3, 0.4) is 0 Å². The van der Waals surface area contributed by atoms with Crippen LogP contribution in [-0.2, 0) is 4.74 Å². The molecule has 0 amide bonds. The molecular weight excluding hydrogens is 192 g/mol. The maximum atomic E-state index is 9.91. The highest BCUT2D eigenvalue weighted by atomic mass is 16.5. The van der Waals surface area contributed by atoms with E-state index in [9.17, 15) is 5.11 Å². The van der Waals surface area contributed by atoms with Gasteiger partial charge in [0.15, 0.2) is 0 Å². The van der Waals surface area contributed by atoms with Crippen LogP contribution in [-0.4, -0.2) is 54.5 Å². The number of methoxy groups -OCH3 is 1. The Kier molecular flexibility index (Phi) is 4.12. The molecule has 0 radical (unpaired) electrons. The number of ether oxygens (including phenoxy) is 1. The molecule has 0 aromatic rings. The highest BCUT2D eigenvalue weighted by Gasteiger charge is 2.33. The zero-order valence-electron chi connectivity index (χ0n) is 10.1. The molecule has 0 aromatic carbocycles. The summed E-state index contributed by atoms with van der Waals surface area (Å²) in [5.41, 5.74) is 4.66. The lowest BCUT2D eigenvalue weighted by molar-refractivity contribution is -0.0695. The first kappa shape index (κ1) is 12.9. The summed E-state index contributed by atoms with van der Waals surface area (Å²) < 4.78 is 5.50. The molecule has 0 aliphatic carbocycles. The minimum atomic E-state index is -0.786. The standard InChI is InChI=1S/C11H24N2O2/c1-10(14,7-12)8-13-6-4-5-11(2,9-13)15-3/h14H,4-9,12H2,1-3H3. The Balaban J connectivity index is 2.50. The third kappa shape index (κ3) is 3.72. The first-order chi connectivity index (χ1) is 6.91. The zero-order chi connectivity index (χ0) is 11.5. The van der Waals surface area contributed by atoms with E-state index in [0.717, 1.165) is 25.9 Å². The Morgan fingerprint density at radius 2 is 2.27 bits per heavy atom. The number of hydrogen-bond donors (Lipinski definition) is 2. The minimum absolute atomic E-state index is 0.0665. The molecule has 3 N–H and O–H groups in total. The van der Waals surface area contributed by atoms with Gasteiger partial charge in [0.2, 0.25) is 0 Å². The van der Waals surface area contributed by atoms with Crippen molar-refractivity contribution in [2.24, 2.45) is 5.73 Å². The van der Waals surface area contributed by atoms with E-state index in [1.807, 2.05) is 0 Å². The van der Waals surface area contributed by atoms with E-state index in [1.165, 1.54) is 0 Å². The predicted molar refractivity (Wildman–Crippen MR) is 60.8 cm³/mol. The van der Waals surface area contributed by atoms with Crippen LogP contribution < -0.4 is 5.73 Å². The van der Waals surface area contributed by atoms with E-state index in [-0.39, 0.29) is 5.60 Å². The van der Waals surface area contributed by atoms with Crippen LogP contribution in [0, 0.1) is 0 Å². The fraction of sp³-hybridized carbons (Fsp3) is 1.00. The fourth-order valence-electron chi connectivity index (χ4n) is 2.16. The molecule has 1 saturated heterocycles. The largest absolute Gasteiger partial charge is 0.388 e. The van der Waals surface area contributed by atoms with E-state index < -0.39 is 5.60 Å². The molecule has 0 aromatic heterocycles. The number of rotatable bonds is 4. The SMILES string of the molecule is COC1(C)CCCN(CC(C)(O)CN)C1. The second-order valence-corrected chi connectivity index (χ2v) is 5.17. The molecule has 15 heavy (non-hydrogen) atoms. The van der Waals surface area contributed by atoms with Crippen molar-refractivity contribution in [1.82, 2.24) is 4.90 Å². The predicted octanol–water partition coefficient (Wildman–Crippen LogP) is 0.197. The van der Waals surface area contributed by atoms with Gasteiger partial charge in [-0.2, -0.15) is 0 Å². The van der Waals surface area contributed by atoms with Crippen molar-refractivity contribution in [2.45, 2.75) is 37.9 Å². The van der Waals surface area contributed by atoms with Crippen LogP contribution in [0.4, 0.5) is 0 Å². The van der Waals surface area contributed by atoms with Gasteiger partial charge in [0.1, 0.15) is 0 Å². The molecule has 2 unspecified atom stereocenters. The Morgan fingerprint density at radius 3 is 2.80 bits per heavy atom. The van der Waals surface area contributed by atoms with Gasteiger partial charge in [-0.25, -0.2) is 0 Å². The normalized spacial score (nSPS) is 32.6. The van der Waals surface area contributed by atoms with E-state index in [0.29, 0.717) is 13.1 Å². The highest BCUT2D eigenvalue weighted by Crippen LogP contribution is 2.24. The number of hydrogen-bond acceptors (Lipinski definition) is 4. The quantitative estimate of drug-likeness (QED) is 0.704. The lowest BCUT2D eigenvalue weighted by Gasteiger charge is -2.41. The molecule has 1 aliphatic rings. The van der Waals surface area contributed by atoms with Gasteiger partial charge in [-0.15, -0.1) is 0 Å². The number of likely N-dealkylation sites (tertiary alicyclic amines) is 1. The Bertz CT molecular complexity index is 207. The summed E-state index contributed by atoms with van der Waals surface area (Å²) >= 11 is 0. The van der Waals surface area contributed by atoms with Crippen LogP contribution in [0.2, 0.25) is 0 Å². The number of nitrogens with zero attached hydrogens (tertiary/aromatic N) is 1. The van der Waals surface area contributed by atoms with Gasteiger partial charge in [-0.05, 0) is 33.2 Å². The van der Waals surface area contributed by atoms with Crippen LogP contribution in [0.1, 0.15) is 26.7 Å². The van der Waals surface area contributed by atoms with Gasteiger partial charge in [-0.1, -0.05) is 0 Å². The van der Waals surface area contributed by atoms with Crippen molar-refractivity contribution in [3.05, 3.63) is 0 Å². The topological polar surface area (TPSA) is 58.7 Å². The molecule has 0 bridgehead atoms. The first-order valence-corrected chi connectivity index (χ1v) is 5.61. The Hall–Kier alpha value is -0.160. The number of nitrogens with two attached hydrogens (primary N) is 1. The monoisotopic (exact) mass is 216 g/mol. The van der Waals surface area contributed by atoms with Crippen molar-refractivity contribution < 1.29 is 9.84 Å². The molecule has 1 fully saturated rings. The summed E-state index contributed by atoms with van der Waals surface area (Å²) in [6.45, 7) is 6.73. The van der Waals surface area contributed by atoms with Crippen molar-refractivity contribution in [1.29, 1.82) is 0 Å². The molecule has 1 rings (SSSR count). The number of β-amino-alcohol motifs (C(OH)–C–C–N with tert-alkyl or cyclic N) is 1. The van der Waals surface area contributed by atoms with E-state index in [1.54, 1.807) is 14.0 Å². The highest BCUT2D eigenvalue weighted by molar-refractivity contribution is 4.88. The average Bonchev–Trinajstić information content (AvgIpc) is 2.17. The van der Waals surface area contributed by atoms with Gasteiger partial charge in [0.05, 0.1) is 11.2 Å². The smallest absolute Gasteiger partial charge is 0.0867 e. The van der Waals surface area contributed by atoms with Gasteiger partial charge in [-0.3, -0.25) is 4.90 Å². The molecule has 0 saturated carbocycles. The van der Waals surface area contributed by atoms with Crippen LogP contribution >= 0.6 is 0 Å². The van der Waals surface area contributed by atoms with Crippen LogP contribution in [0.25, 0.3) is 0 Å². The summed E-state index contributed by atoms with van der Waals surface area (Å²) in [7, 11) is 1.75. The molecule has 90 valence electrons. The maximum absolute atomic E-state index is 9.91.